The average Bonchev–Trinajstić information content (AvgIpc) is 2.43. The minimum Gasteiger partial charge on any atom is -0.481 e. The molecule has 5 nitrogen and oxygen atoms in total. The van der Waals surface area contributed by atoms with E-state index in [-0.39, 0.29) is 11.6 Å². The van der Waals surface area contributed by atoms with Crippen molar-refractivity contribution in [1.29, 1.82) is 0 Å². The lowest BCUT2D eigenvalue weighted by Gasteiger charge is -2.30. The van der Waals surface area contributed by atoms with Gasteiger partial charge in [0, 0.05) is 18.8 Å². The Bertz CT molecular complexity index is 538. The number of amides is 2. The number of anilines is 1. The number of aliphatic carboxylic acids is 1. The average molecular weight is 301 g/mol. The molecule has 0 saturated carbocycles. The molecule has 1 aliphatic heterocycles. The van der Waals surface area contributed by atoms with Crippen molar-refractivity contribution in [2.75, 3.05) is 18.4 Å². The van der Waals surface area contributed by atoms with E-state index in [1.165, 1.54) is 17.0 Å². The normalized spacial score (nSPS) is 18.7. The number of carbonyl (C=O) groups excluding carboxylic acids is 1. The van der Waals surface area contributed by atoms with Gasteiger partial charge in [-0.3, -0.25) is 4.79 Å². The molecule has 2 N–H and O–H groups in total. The molecule has 2 rings (SSSR count). The topological polar surface area (TPSA) is 69.6 Å². The molecular weight excluding hydrogens is 287 g/mol. The smallest absolute Gasteiger partial charge is 0.321 e. The lowest BCUT2D eigenvalue weighted by molar-refractivity contribution is -0.143. The van der Waals surface area contributed by atoms with Gasteiger partial charge in [0.25, 0.3) is 0 Å². The van der Waals surface area contributed by atoms with Crippen LogP contribution in [-0.2, 0) is 4.79 Å². The van der Waals surface area contributed by atoms with Crippen molar-refractivity contribution < 1.29 is 19.1 Å². The summed E-state index contributed by atoms with van der Waals surface area (Å²) in [4.78, 5) is 24.4. The van der Waals surface area contributed by atoms with Gasteiger partial charge in [0.2, 0.25) is 0 Å². The second-order valence-corrected chi connectivity index (χ2v) is 5.09. The quantitative estimate of drug-likeness (QED) is 0.882. The van der Waals surface area contributed by atoms with Crippen molar-refractivity contribution in [3.63, 3.8) is 0 Å². The van der Waals surface area contributed by atoms with Gasteiger partial charge in [-0.15, -0.1) is 0 Å². The van der Waals surface area contributed by atoms with E-state index in [2.05, 4.69) is 5.32 Å². The zero-order chi connectivity index (χ0) is 14.7. The Morgan fingerprint density at radius 1 is 1.45 bits per heavy atom. The molecule has 1 saturated heterocycles. The highest BCUT2D eigenvalue weighted by molar-refractivity contribution is 6.31. The summed E-state index contributed by atoms with van der Waals surface area (Å²) >= 11 is 5.63. The first-order chi connectivity index (χ1) is 9.47. The number of rotatable bonds is 2. The third kappa shape index (κ3) is 3.39. The van der Waals surface area contributed by atoms with Crippen LogP contribution in [0.3, 0.4) is 0 Å². The fraction of sp³-hybridized carbons (Fsp3) is 0.385. The first kappa shape index (κ1) is 14.6. The summed E-state index contributed by atoms with van der Waals surface area (Å²) in [5.74, 6) is -1.99. The maximum Gasteiger partial charge on any atom is 0.321 e. The van der Waals surface area contributed by atoms with Crippen LogP contribution in [0.5, 0.6) is 0 Å². The molecule has 1 atom stereocenters. The number of hydrogen-bond acceptors (Lipinski definition) is 2. The Labute approximate surface area is 120 Å². The predicted molar refractivity (Wildman–Crippen MR) is 72.4 cm³/mol. The number of hydrogen-bond donors (Lipinski definition) is 2. The molecule has 108 valence electrons. The van der Waals surface area contributed by atoms with Gasteiger partial charge in [0.1, 0.15) is 5.82 Å². The Kier molecular flexibility index (Phi) is 4.44. The number of urea groups is 1. The number of likely N-dealkylation sites (tertiary alicyclic amines) is 1. The highest BCUT2D eigenvalue weighted by atomic mass is 35.5. The zero-order valence-corrected chi connectivity index (χ0v) is 11.4. The predicted octanol–water partition coefficient (Wildman–Crippen LogP) is 2.81. The molecule has 1 fully saturated rings. The number of nitrogens with one attached hydrogen (secondary N) is 1. The van der Waals surface area contributed by atoms with Gasteiger partial charge in [-0.25, -0.2) is 9.18 Å². The van der Waals surface area contributed by atoms with Crippen LogP contribution in [0, 0.1) is 11.7 Å². The van der Waals surface area contributed by atoms with Gasteiger partial charge >= 0.3 is 12.0 Å². The van der Waals surface area contributed by atoms with Gasteiger partial charge in [-0.1, -0.05) is 11.6 Å². The second kappa shape index (κ2) is 6.09. The standard InChI is InChI=1S/C13H14ClFN2O3/c14-10-6-9(3-4-11(10)15)16-13(20)17-5-1-2-8(7-17)12(18)19/h3-4,6,8H,1-2,5,7H2,(H,16,20)(H,18,19). The highest BCUT2D eigenvalue weighted by Gasteiger charge is 2.28. The Balaban J connectivity index is 2.00. The fourth-order valence-electron chi connectivity index (χ4n) is 2.14. The van der Waals surface area contributed by atoms with Crippen LogP contribution in [0.1, 0.15) is 12.8 Å². The van der Waals surface area contributed by atoms with Crippen molar-refractivity contribution in [1.82, 2.24) is 4.90 Å². The molecule has 1 aromatic rings. The van der Waals surface area contributed by atoms with E-state index in [9.17, 15) is 14.0 Å². The van der Waals surface area contributed by atoms with Crippen LogP contribution in [-0.4, -0.2) is 35.1 Å². The summed E-state index contributed by atoms with van der Waals surface area (Å²) in [5.41, 5.74) is 0.374. The van der Waals surface area contributed by atoms with Crippen molar-refractivity contribution in [3.05, 3.63) is 29.0 Å². The summed E-state index contributed by atoms with van der Waals surface area (Å²) < 4.78 is 13.0. The van der Waals surface area contributed by atoms with Crippen molar-refractivity contribution in [2.24, 2.45) is 5.92 Å². The monoisotopic (exact) mass is 300 g/mol. The SMILES string of the molecule is O=C(O)C1CCCN(C(=O)Nc2ccc(F)c(Cl)c2)C1. The number of halogens is 2. The fourth-order valence-corrected chi connectivity index (χ4v) is 2.32. The maximum absolute atomic E-state index is 13.0. The summed E-state index contributed by atoms with van der Waals surface area (Å²) in [6.07, 6.45) is 1.22. The van der Waals surface area contributed by atoms with E-state index in [1.807, 2.05) is 0 Å². The van der Waals surface area contributed by atoms with Crippen LogP contribution in [0.2, 0.25) is 5.02 Å². The van der Waals surface area contributed by atoms with Gasteiger partial charge in [-0.05, 0) is 31.0 Å². The van der Waals surface area contributed by atoms with E-state index in [4.69, 9.17) is 16.7 Å². The summed E-state index contributed by atoms with van der Waals surface area (Å²) in [5, 5.41) is 11.5. The number of nitrogens with zero attached hydrogens (tertiary/aromatic N) is 1. The van der Waals surface area contributed by atoms with E-state index >= 15 is 0 Å². The van der Waals surface area contributed by atoms with E-state index in [0.717, 1.165) is 6.07 Å². The molecule has 0 radical (unpaired) electrons. The molecule has 7 heteroatoms. The summed E-state index contributed by atoms with van der Waals surface area (Å²) in [7, 11) is 0. The first-order valence-electron chi connectivity index (χ1n) is 6.21. The molecular formula is C13H14ClFN2O3. The largest absolute Gasteiger partial charge is 0.481 e. The molecule has 0 aliphatic carbocycles. The van der Waals surface area contributed by atoms with E-state index in [1.54, 1.807) is 0 Å². The third-order valence-corrected chi connectivity index (χ3v) is 3.52. The lowest BCUT2D eigenvalue weighted by atomic mass is 9.99. The maximum atomic E-state index is 13.0. The Morgan fingerprint density at radius 2 is 2.20 bits per heavy atom. The number of carboxylic acid groups (broad SMARTS) is 1. The molecule has 1 unspecified atom stereocenters. The van der Waals surface area contributed by atoms with E-state index in [0.29, 0.717) is 25.1 Å². The second-order valence-electron chi connectivity index (χ2n) is 4.68. The van der Waals surface area contributed by atoms with Crippen LogP contribution < -0.4 is 5.32 Å². The lowest BCUT2D eigenvalue weighted by Crippen LogP contribution is -2.44. The van der Waals surface area contributed by atoms with Crippen molar-refractivity contribution in [2.45, 2.75) is 12.8 Å². The van der Waals surface area contributed by atoms with Gasteiger partial charge < -0.3 is 15.3 Å². The molecule has 0 spiro atoms. The van der Waals surface area contributed by atoms with Crippen LogP contribution in [0.25, 0.3) is 0 Å². The molecule has 1 aliphatic rings. The van der Waals surface area contributed by atoms with Gasteiger partial charge in [-0.2, -0.15) is 0 Å². The zero-order valence-electron chi connectivity index (χ0n) is 10.6. The number of benzene rings is 1. The van der Waals surface area contributed by atoms with Crippen LogP contribution in [0.15, 0.2) is 18.2 Å². The number of carbonyl (C=O) groups is 2. The molecule has 1 heterocycles. The minimum absolute atomic E-state index is 0.0788. The van der Waals surface area contributed by atoms with Gasteiger partial charge in [0.15, 0.2) is 0 Å². The molecule has 20 heavy (non-hydrogen) atoms. The summed E-state index contributed by atoms with van der Waals surface area (Å²) in [6.45, 7) is 0.681. The Morgan fingerprint density at radius 3 is 2.85 bits per heavy atom. The molecule has 1 aromatic carbocycles. The minimum atomic E-state index is -0.896. The molecule has 0 bridgehead atoms. The van der Waals surface area contributed by atoms with E-state index < -0.39 is 23.7 Å². The molecule has 2 amide bonds. The van der Waals surface area contributed by atoms with Crippen molar-refractivity contribution >= 4 is 29.3 Å². The Hall–Kier alpha value is -1.82. The number of carboxylic acids is 1. The molecule has 0 aromatic heterocycles. The third-order valence-electron chi connectivity index (χ3n) is 3.23. The first-order valence-corrected chi connectivity index (χ1v) is 6.59. The van der Waals surface area contributed by atoms with Crippen LogP contribution >= 0.6 is 11.6 Å². The van der Waals surface area contributed by atoms with Gasteiger partial charge in [0.05, 0.1) is 10.9 Å². The van der Waals surface area contributed by atoms with Crippen molar-refractivity contribution in [3.8, 4) is 0 Å². The van der Waals surface area contributed by atoms with Crippen LogP contribution in [0.4, 0.5) is 14.9 Å². The highest BCUT2D eigenvalue weighted by Crippen LogP contribution is 2.21. The summed E-state index contributed by atoms with van der Waals surface area (Å²) in [6, 6.07) is 3.47. The number of piperidine rings is 1.